The first-order valence-corrected chi connectivity index (χ1v) is 9.07. The Morgan fingerprint density at radius 3 is 2.77 bits per heavy atom. The number of carbonyl (C=O) groups is 1. The molecule has 0 bridgehead atoms. The summed E-state index contributed by atoms with van der Waals surface area (Å²) in [4.78, 5) is 16.2. The Morgan fingerprint density at radius 2 is 2.04 bits per heavy atom. The highest BCUT2D eigenvalue weighted by atomic mass is 32.1. The van der Waals surface area contributed by atoms with E-state index in [1.54, 1.807) is 24.3 Å². The molecule has 0 fully saturated rings. The van der Waals surface area contributed by atoms with Gasteiger partial charge in [0.1, 0.15) is 10.8 Å². The van der Waals surface area contributed by atoms with Gasteiger partial charge in [-0.1, -0.05) is 12.1 Å². The Balaban J connectivity index is 1.89. The molecule has 2 aromatic heterocycles. The zero-order valence-corrected chi connectivity index (χ0v) is 15.5. The lowest BCUT2D eigenvalue weighted by Crippen LogP contribution is -2.05. The normalized spacial score (nSPS) is 11.4. The van der Waals surface area contributed by atoms with E-state index in [1.165, 1.54) is 13.0 Å². The lowest BCUT2D eigenvalue weighted by atomic mass is 10.1. The molecule has 0 aliphatic carbocycles. The Bertz CT molecular complexity index is 1130. The van der Waals surface area contributed by atoms with E-state index in [2.05, 4.69) is 4.98 Å². The van der Waals surface area contributed by atoms with Crippen LogP contribution in [0.5, 0.6) is 5.75 Å². The molecule has 4 rings (SSSR count). The number of nitrogens with zero attached hydrogens (tertiary/aromatic N) is 2. The number of rotatable bonds is 3. The lowest BCUT2D eigenvalue weighted by molar-refractivity contribution is -0.131. The van der Waals surface area contributed by atoms with E-state index in [0.717, 1.165) is 26.3 Å². The van der Waals surface area contributed by atoms with Gasteiger partial charge in [-0.15, -0.1) is 11.3 Å². The molecule has 0 amide bonds. The Hall–Kier alpha value is -2.73. The third-order valence-electron chi connectivity index (χ3n) is 4.42. The smallest absolute Gasteiger partial charge is 0.308 e. The molecule has 0 aliphatic heterocycles. The van der Waals surface area contributed by atoms with Crippen molar-refractivity contribution in [2.24, 2.45) is 0 Å². The quantitative estimate of drug-likeness (QED) is 0.479. The zero-order valence-electron chi connectivity index (χ0n) is 14.7. The summed E-state index contributed by atoms with van der Waals surface area (Å²) < 4.78 is 22.7. The third-order valence-corrected chi connectivity index (χ3v) is 5.44. The molecule has 0 aliphatic rings. The number of halogens is 1. The van der Waals surface area contributed by atoms with Gasteiger partial charge >= 0.3 is 5.97 Å². The van der Waals surface area contributed by atoms with Crippen LogP contribution in [0.2, 0.25) is 0 Å². The molecule has 0 spiro atoms. The van der Waals surface area contributed by atoms with Crippen molar-refractivity contribution < 1.29 is 13.9 Å². The molecule has 0 N–H and O–H groups in total. The van der Waals surface area contributed by atoms with E-state index in [4.69, 9.17) is 4.74 Å². The first-order valence-electron chi connectivity index (χ1n) is 8.26. The largest absolute Gasteiger partial charge is 0.424 e. The molecule has 4 nitrogen and oxygen atoms in total. The standard InChI is InChI=1S/C20H17FN2O2S/c1-11-8-14-17(9-15(11)21)23(12(2)20(14)25-13(3)24)10-19-22-16-6-4-5-7-18(16)26-19/h4-9H,10H2,1-3H3. The first-order chi connectivity index (χ1) is 12.4. The number of fused-ring (bicyclic) bond motifs is 2. The van der Waals surface area contributed by atoms with Crippen molar-refractivity contribution in [1.82, 2.24) is 9.55 Å². The van der Waals surface area contributed by atoms with Gasteiger partial charge in [0.15, 0.2) is 5.75 Å². The first kappa shape index (κ1) is 16.7. The number of ether oxygens (including phenoxy) is 1. The van der Waals surface area contributed by atoms with Crippen LogP contribution in [0, 0.1) is 19.7 Å². The van der Waals surface area contributed by atoms with Crippen LogP contribution in [0.1, 0.15) is 23.2 Å². The van der Waals surface area contributed by atoms with Crippen LogP contribution in [0.3, 0.4) is 0 Å². The van der Waals surface area contributed by atoms with Gasteiger partial charge in [-0.3, -0.25) is 4.79 Å². The number of esters is 1. The van der Waals surface area contributed by atoms with Crippen LogP contribution < -0.4 is 4.74 Å². The van der Waals surface area contributed by atoms with Crippen LogP contribution in [0.25, 0.3) is 21.1 Å². The van der Waals surface area contributed by atoms with Gasteiger partial charge in [-0.05, 0) is 43.7 Å². The average Bonchev–Trinajstić information content (AvgIpc) is 3.10. The van der Waals surface area contributed by atoms with Crippen molar-refractivity contribution in [2.75, 3.05) is 0 Å². The molecule has 0 atom stereocenters. The maximum atomic E-state index is 14.2. The van der Waals surface area contributed by atoms with Crippen LogP contribution in [-0.2, 0) is 11.3 Å². The number of aromatic nitrogens is 2. The molecular formula is C20H17FN2O2S. The summed E-state index contributed by atoms with van der Waals surface area (Å²) in [5, 5.41) is 1.65. The fourth-order valence-corrected chi connectivity index (χ4v) is 4.13. The minimum absolute atomic E-state index is 0.282. The van der Waals surface area contributed by atoms with Gasteiger partial charge in [0.05, 0.1) is 28.0 Å². The highest BCUT2D eigenvalue weighted by molar-refractivity contribution is 7.18. The van der Waals surface area contributed by atoms with Gasteiger partial charge in [0.2, 0.25) is 0 Å². The monoisotopic (exact) mass is 368 g/mol. The number of para-hydroxylation sites is 1. The van der Waals surface area contributed by atoms with Crippen molar-refractivity contribution in [3.8, 4) is 5.75 Å². The summed E-state index contributed by atoms with van der Waals surface area (Å²) in [6.07, 6.45) is 0. The summed E-state index contributed by atoms with van der Waals surface area (Å²) in [6.45, 7) is 5.43. The van der Waals surface area contributed by atoms with E-state index in [1.807, 2.05) is 35.8 Å². The van der Waals surface area contributed by atoms with Crippen LogP contribution >= 0.6 is 11.3 Å². The number of aryl methyl sites for hydroxylation is 1. The SMILES string of the molecule is CC(=O)Oc1c(C)n(Cc2nc3ccccc3s2)c2cc(F)c(C)cc12. The highest BCUT2D eigenvalue weighted by Gasteiger charge is 2.19. The van der Waals surface area contributed by atoms with Crippen molar-refractivity contribution in [3.05, 3.63) is 58.5 Å². The molecule has 2 heterocycles. The van der Waals surface area contributed by atoms with Crippen molar-refractivity contribution in [2.45, 2.75) is 27.3 Å². The molecule has 0 radical (unpaired) electrons. The van der Waals surface area contributed by atoms with E-state index < -0.39 is 5.97 Å². The van der Waals surface area contributed by atoms with Crippen LogP contribution in [0.4, 0.5) is 4.39 Å². The number of thiazole rings is 1. The Morgan fingerprint density at radius 1 is 1.27 bits per heavy atom. The lowest BCUT2D eigenvalue weighted by Gasteiger charge is -2.06. The molecular weight excluding hydrogens is 351 g/mol. The molecule has 6 heteroatoms. The van der Waals surface area contributed by atoms with Crippen molar-refractivity contribution in [3.63, 3.8) is 0 Å². The summed E-state index contributed by atoms with van der Waals surface area (Å²) >= 11 is 1.61. The zero-order chi connectivity index (χ0) is 18.4. The van der Waals surface area contributed by atoms with Gasteiger partial charge in [-0.25, -0.2) is 9.37 Å². The predicted octanol–water partition coefficient (Wildman–Crippen LogP) is 4.98. The molecule has 4 aromatic rings. The summed E-state index contributed by atoms with van der Waals surface area (Å²) in [6, 6.07) is 11.2. The van der Waals surface area contributed by atoms with Crippen LogP contribution in [0.15, 0.2) is 36.4 Å². The van der Waals surface area contributed by atoms with Crippen molar-refractivity contribution in [1.29, 1.82) is 0 Å². The highest BCUT2D eigenvalue weighted by Crippen LogP contribution is 2.36. The van der Waals surface area contributed by atoms with Crippen LogP contribution in [-0.4, -0.2) is 15.5 Å². The number of hydrogen-bond acceptors (Lipinski definition) is 4. The molecule has 0 saturated carbocycles. The minimum Gasteiger partial charge on any atom is -0.424 e. The van der Waals surface area contributed by atoms with E-state index in [0.29, 0.717) is 23.4 Å². The fraction of sp³-hybridized carbons (Fsp3) is 0.200. The number of hydrogen-bond donors (Lipinski definition) is 0. The average molecular weight is 368 g/mol. The van der Waals surface area contributed by atoms with E-state index in [9.17, 15) is 9.18 Å². The second kappa shape index (κ2) is 6.21. The van der Waals surface area contributed by atoms with Gasteiger partial charge in [0.25, 0.3) is 0 Å². The molecule has 0 saturated heterocycles. The summed E-state index contributed by atoms with van der Waals surface area (Å²) in [5.74, 6) is -0.194. The van der Waals surface area contributed by atoms with Gasteiger partial charge in [-0.2, -0.15) is 0 Å². The second-order valence-corrected chi connectivity index (χ2v) is 7.40. The predicted molar refractivity (Wildman–Crippen MR) is 101 cm³/mol. The fourth-order valence-electron chi connectivity index (χ4n) is 3.17. The summed E-state index contributed by atoms with van der Waals surface area (Å²) in [7, 11) is 0. The molecule has 26 heavy (non-hydrogen) atoms. The Labute approximate surface area is 153 Å². The molecule has 132 valence electrons. The number of carbonyl (C=O) groups excluding carboxylic acids is 1. The molecule has 2 aromatic carbocycles. The third kappa shape index (κ3) is 2.76. The number of benzene rings is 2. The molecule has 0 unspecified atom stereocenters. The van der Waals surface area contributed by atoms with Gasteiger partial charge < -0.3 is 9.30 Å². The minimum atomic E-state index is -0.394. The van der Waals surface area contributed by atoms with E-state index in [-0.39, 0.29) is 5.82 Å². The second-order valence-electron chi connectivity index (χ2n) is 6.29. The Kier molecular flexibility index (Phi) is 4.00. The maximum Gasteiger partial charge on any atom is 0.308 e. The topological polar surface area (TPSA) is 44.1 Å². The maximum absolute atomic E-state index is 14.2. The van der Waals surface area contributed by atoms with E-state index >= 15 is 0 Å². The van der Waals surface area contributed by atoms with Crippen molar-refractivity contribution >= 4 is 38.4 Å². The summed E-state index contributed by atoms with van der Waals surface area (Å²) in [5.41, 5.74) is 2.94. The van der Waals surface area contributed by atoms with Gasteiger partial charge in [0, 0.05) is 12.3 Å².